The molecule has 122 valence electrons. The van der Waals surface area contributed by atoms with Gasteiger partial charge in [0, 0.05) is 18.7 Å². The summed E-state index contributed by atoms with van der Waals surface area (Å²) in [7, 11) is -3.62. The summed E-state index contributed by atoms with van der Waals surface area (Å²) in [5, 5.41) is 0. The van der Waals surface area contributed by atoms with Crippen LogP contribution in [0.3, 0.4) is 0 Å². The van der Waals surface area contributed by atoms with Gasteiger partial charge in [-0.3, -0.25) is 9.52 Å². The van der Waals surface area contributed by atoms with Crippen molar-refractivity contribution >= 4 is 54.6 Å². The number of carbonyl (C=O) groups is 1. The van der Waals surface area contributed by atoms with Crippen molar-refractivity contribution in [3.63, 3.8) is 0 Å². The Labute approximate surface area is 147 Å². The minimum Gasteiger partial charge on any atom is -0.312 e. The van der Waals surface area contributed by atoms with E-state index in [2.05, 4.69) is 20.7 Å². The van der Waals surface area contributed by atoms with E-state index >= 15 is 0 Å². The van der Waals surface area contributed by atoms with Gasteiger partial charge in [0.2, 0.25) is 5.91 Å². The Hall–Kier alpha value is -1.38. The van der Waals surface area contributed by atoms with E-state index in [-0.39, 0.29) is 10.1 Å². The molecule has 1 saturated heterocycles. The van der Waals surface area contributed by atoms with Crippen molar-refractivity contribution in [2.24, 2.45) is 0 Å². The van der Waals surface area contributed by atoms with Crippen molar-refractivity contribution in [2.75, 3.05) is 16.2 Å². The summed E-state index contributed by atoms with van der Waals surface area (Å²) in [6.07, 6.45) is 2.42. The molecule has 3 rings (SSSR count). The Morgan fingerprint density at radius 3 is 2.70 bits per heavy atom. The third-order valence-corrected chi connectivity index (χ3v) is 7.04. The van der Waals surface area contributed by atoms with Gasteiger partial charge in [-0.1, -0.05) is 6.07 Å². The molecule has 8 heteroatoms. The van der Waals surface area contributed by atoms with Gasteiger partial charge in [0.05, 0.1) is 9.47 Å². The molecule has 0 bridgehead atoms. The number of carbonyl (C=O) groups excluding carboxylic acids is 1. The maximum absolute atomic E-state index is 12.4. The van der Waals surface area contributed by atoms with Crippen LogP contribution in [0, 0.1) is 0 Å². The highest BCUT2D eigenvalue weighted by Gasteiger charge is 2.21. The Balaban J connectivity index is 1.84. The average Bonchev–Trinajstić information content (AvgIpc) is 2.95. The van der Waals surface area contributed by atoms with E-state index in [0.29, 0.717) is 18.7 Å². The van der Waals surface area contributed by atoms with Crippen LogP contribution in [0.15, 0.2) is 44.4 Å². The van der Waals surface area contributed by atoms with Gasteiger partial charge in [-0.05, 0) is 59.1 Å². The quantitative estimate of drug-likeness (QED) is 0.826. The molecule has 23 heavy (non-hydrogen) atoms. The summed E-state index contributed by atoms with van der Waals surface area (Å²) in [4.78, 5) is 13.7. The van der Waals surface area contributed by atoms with E-state index in [1.54, 1.807) is 35.2 Å². The lowest BCUT2D eigenvalue weighted by Crippen LogP contribution is -2.35. The summed E-state index contributed by atoms with van der Waals surface area (Å²) in [6.45, 7) is 0.674. The predicted molar refractivity (Wildman–Crippen MR) is 95.5 cm³/mol. The molecule has 1 fully saturated rings. The number of rotatable bonds is 4. The largest absolute Gasteiger partial charge is 0.312 e. The van der Waals surface area contributed by atoms with Gasteiger partial charge in [-0.2, -0.15) is 0 Å². The van der Waals surface area contributed by atoms with Crippen LogP contribution in [0.5, 0.6) is 0 Å². The zero-order chi connectivity index (χ0) is 16.4. The summed E-state index contributed by atoms with van der Waals surface area (Å²) in [6, 6.07) is 10.2. The molecule has 1 amide bonds. The Morgan fingerprint density at radius 1 is 1.17 bits per heavy atom. The third-order valence-electron chi connectivity index (χ3n) is 3.55. The van der Waals surface area contributed by atoms with E-state index in [1.807, 2.05) is 6.07 Å². The van der Waals surface area contributed by atoms with Crippen molar-refractivity contribution in [2.45, 2.75) is 23.5 Å². The number of hydrogen-bond donors (Lipinski definition) is 1. The maximum atomic E-state index is 12.4. The van der Waals surface area contributed by atoms with Crippen LogP contribution >= 0.6 is 27.3 Å². The Morgan fingerprint density at radius 2 is 2.00 bits per heavy atom. The van der Waals surface area contributed by atoms with E-state index in [0.717, 1.165) is 33.7 Å². The number of hydrogen-bond acceptors (Lipinski definition) is 4. The summed E-state index contributed by atoms with van der Waals surface area (Å²) in [5.74, 6) is 0.0819. The SMILES string of the molecule is O=C1CCCCN1c1cccc(NS(=O)(=O)c2ccc(Br)s2)c1. The van der Waals surface area contributed by atoms with Crippen LogP contribution < -0.4 is 9.62 Å². The highest BCUT2D eigenvalue weighted by Crippen LogP contribution is 2.29. The summed E-state index contributed by atoms with van der Waals surface area (Å²) >= 11 is 4.41. The molecule has 0 atom stereocenters. The van der Waals surface area contributed by atoms with E-state index in [4.69, 9.17) is 0 Å². The number of halogens is 1. The summed E-state index contributed by atoms with van der Waals surface area (Å²) in [5.41, 5.74) is 1.17. The molecule has 0 unspecified atom stereocenters. The van der Waals surface area contributed by atoms with Crippen LogP contribution in [0.4, 0.5) is 11.4 Å². The molecule has 2 heterocycles. The van der Waals surface area contributed by atoms with Crippen LogP contribution in [0.1, 0.15) is 19.3 Å². The number of nitrogens with one attached hydrogen (secondary N) is 1. The zero-order valence-corrected chi connectivity index (χ0v) is 15.4. The van der Waals surface area contributed by atoms with Crippen LogP contribution in [-0.2, 0) is 14.8 Å². The zero-order valence-electron chi connectivity index (χ0n) is 12.2. The van der Waals surface area contributed by atoms with Crippen molar-refractivity contribution in [3.05, 3.63) is 40.2 Å². The predicted octanol–water partition coefficient (Wildman–Crippen LogP) is 3.83. The molecule has 0 saturated carbocycles. The molecule has 1 aliphatic heterocycles. The molecular weight excluding hydrogens is 400 g/mol. The van der Waals surface area contributed by atoms with Crippen LogP contribution in [0.25, 0.3) is 0 Å². The van der Waals surface area contributed by atoms with Crippen molar-refractivity contribution in [1.29, 1.82) is 0 Å². The number of nitrogens with zero attached hydrogens (tertiary/aromatic N) is 1. The van der Waals surface area contributed by atoms with Crippen LogP contribution in [-0.4, -0.2) is 20.9 Å². The lowest BCUT2D eigenvalue weighted by molar-refractivity contribution is -0.119. The van der Waals surface area contributed by atoms with Crippen LogP contribution in [0.2, 0.25) is 0 Å². The third kappa shape index (κ3) is 3.76. The first-order valence-corrected chi connectivity index (χ1v) is 10.2. The number of anilines is 2. The van der Waals surface area contributed by atoms with Gasteiger partial charge in [0.25, 0.3) is 10.0 Å². The van der Waals surface area contributed by atoms with Gasteiger partial charge < -0.3 is 4.90 Å². The van der Waals surface area contributed by atoms with Gasteiger partial charge >= 0.3 is 0 Å². The lowest BCUT2D eigenvalue weighted by atomic mass is 10.1. The molecule has 0 radical (unpaired) electrons. The second-order valence-corrected chi connectivity index (χ2v) is 9.59. The first kappa shape index (κ1) is 16.5. The first-order chi connectivity index (χ1) is 11.0. The minimum absolute atomic E-state index is 0.0819. The number of sulfonamides is 1. The minimum atomic E-state index is -3.62. The monoisotopic (exact) mass is 414 g/mol. The smallest absolute Gasteiger partial charge is 0.271 e. The normalized spacial score (nSPS) is 15.7. The molecule has 2 aromatic rings. The second kappa shape index (κ2) is 6.62. The standard InChI is InChI=1S/C15H15BrN2O3S2/c16-13-7-8-15(22-13)23(20,21)17-11-4-3-5-12(10-11)18-9-2-1-6-14(18)19/h3-5,7-8,10,17H,1-2,6,9H2. The molecule has 1 aromatic heterocycles. The van der Waals surface area contributed by atoms with Gasteiger partial charge in [0.1, 0.15) is 4.21 Å². The molecule has 1 aliphatic rings. The molecule has 1 N–H and O–H groups in total. The van der Waals surface area contributed by atoms with E-state index in [1.165, 1.54) is 0 Å². The van der Waals surface area contributed by atoms with E-state index in [9.17, 15) is 13.2 Å². The number of thiophene rings is 1. The molecular formula is C15H15BrN2O3S2. The molecule has 5 nitrogen and oxygen atoms in total. The Kier molecular flexibility index (Phi) is 4.74. The Bertz CT molecular complexity index is 833. The first-order valence-electron chi connectivity index (χ1n) is 7.14. The van der Waals surface area contributed by atoms with Crippen molar-refractivity contribution in [3.8, 4) is 0 Å². The topological polar surface area (TPSA) is 66.5 Å². The second-order valence-electron chi connectivity index (χ2n) is 5.22. The lowest BCUT2D eigenvalue weighted by Gasteiger charge is -2.27. The molecule has 0 aliphatic carbocycles. The fraction of sp³-hybridized carbons (Fsp3) is 0.267. The maximum Gasteiger partial charge on any atom is 0.271 e. The number of benzene rings is 1. The van der Waals surface area contributed by atoms with Gasteiger partial charge in [-0.15, -0.1) is 11.3 Å². The van der Waals surface area contributed by atoms with E-state index < -0.39 is 10.0 Å². The fourth-order valence-corrected chi connectivity index (χ4v) is 5.52. The highest BCUT2D eigenvalue weighted by atomic mass is 79.9. The number of amides is 1. The molecule has 1 aromatic carbocycles. The van der Waals surface area contributed by atoms with Crippen molar-refractivity contribution in [1.82, 2.24) is 0 Å². The average molecular weight is 415 g/mol. The number of piperidine rings is 1. The van der Waals surface area contributed by atoms with Gasteiger partial charge in [0.15, 0.2) is 0 Å². The van der Waals surface area contributed by atoms with Crippen molar-refractivity contribution < 1.29 is 13.2 Å². The summed E-state index contributed by atoms with van der Waals surface area (Å²) < 4.78 is 28.3. The fourth-order valence-electron chi connectivity index (χ4n) is 2.46. The molecule has 0 spiro atoms. The highest BCUT2D eigenvalue weighted by molar-refractivity contribution is 9.11. The van der Waals surface area contributed by atoms with Gasteiger partial charge in [-0.25, -0.2) is 8.42 Å².